The highest BCUT2D eigenvalue weighted by molar-refractivity contribution is 6.43. The molecule has 0 aliphatic carbocycles. The molecule has 0 spiro atoms. The third kappa shape index (κ3) is 7.20. The zero-order valence-corrected chi connectivity index (χ0v) is 15.3. The summed E-state index contributed by atoms with van der Waals surface area (Å²) in [4.78, 5) is 35.0. The van der Waals surface area contributed by atoms with E-state index in [4.69, 9.17) is 15.3 Å². The summed E-state index contributed by atoms with van der Waals surface area (Å²) in [5.74, 6) is 4.13. The Morgan fingerprint density at radius 2 is 1.77 bits per heavy atom. The van der Waals surface area contributed by atoms with Gasteiger partial charge in [0, 0.05) is 11.3 Å². The molecule has 0 radical (unpaired) electrons. The van der Waals surface area contributed by atoms with Crippen LogP contribution in [-0.2, 0) is 19.1 Å². The Kier molecular flexibility index (Phi) is 7.57. The van der Waals surface area contributed by atoms with Crippen LogP contribution in [0.5, 0.6) is 0 Å². The third-order valence-electron chi connectivity index (χ3n) is 2.84. The van der Waals surface area contributed by atoms with Gasteiger partial charge in [-0.15, -0.1) is 0 Å². The van der Waals surface area contributed by atoms with Crippen molar-refractivity contribution in [2.75, 3.05) is 18.5 Å². The number of nitrogens with two attached hydrogens (primary N) is 1. The molecule has 1 rings (SSSR count). The lowest BCUT2D eigenvalue weighted by molar-refractivity contribution is -0.146. The van der Waals surface area contributed by atoms with Gasteiger partial charge in [-0.05, 0) is 39.8 Å². The van der Waals surface area contributed by atoms with Gasteiger partial charge in [0.05, 0.1) is 6.61 Å². The van der Waals surface area contributed by atoms with Crippen molar-refractivity contribution in [2.24, 2.45) is 10.9 Å². The number of benzene rings is 1. The first-order valence-corrected chi connectivity index (χ1v) is 7.98. The van der Waals surface area contributed by atoms with Crippen molar-refractivity contribution < 1.29 is 23.9 Å². The van der Waals surface area contributed by atoms with Crippen LogP contribution in [0, 0.1) is 0 Å². The predicted molar refractivity (Wildman–Crippen MR) is 96.7 cm³/mol. The minimum Gasteiger partial charge on any atom is -0.465 e. The van der Waals surface area contributed by atoms with Crippen LogP contribution >= 0.6 is 0 Å². The van der Waals surface area contributed by atoms with Crippen LogP contribution in [0.1, 0.15) is 33.3 Å². The molecule has 0 heterocycles. The number of amides is 2. The smallest absolute Gasteiger partial charge is 0.359 e. The Labute approximate surface area is 151 Å². The normalized spacial score (nSPS) is 11.5. The molecule has 0 saturated heterocycles. The Morgan fingerprint density at radius 1 is 1.15 bits per heavy atom. The molecule has 0 bridgehead atoms. The largest absolute Gasteiger partial charge is 0.465 e. The first-order valence-electron chi connectivity index (χ1n) is 7.98. The molecule has 2 amide bonds. The average Bonchev–Trinajstić information content (AvgIpc) is 2.54. The second-order valence-electron chi connectivity index (χ2n) is 6.17. The van der Waals surface area contributed by atoms with Crippen LogP contribution in [0.3, 0.4) is 0 Å². The van der Waals surface area contributed by atoms with Crippen molar-refractivity contribution >= 4 is 29.4 Å². The summed E-state index contributed by atoms with van der Waals surface area (Å²) >= 11 is 0. The number of ether oxygens (including phenoxy) is 2. The van der Waals surface area contributed by atoms with Crippen LogP contribution in [0.4, 0.5) is 10.5 Å². The number of hydrazone groups is 1. The molecule has 0 aliphatic rings. The van der Waals surface area contributed by atoms with Gasteiger partial charge in [-0.25, -0.2) is 9.59 Å². The summed E-state index contributed by atoms with van der Waals surface area (Å²) in [6.07, 6.45) is 0. The van der Waals surface area contributed by atoms with E-state index in [1.807, 2.05) is 0 Å². The fraction of sp³-hybridized carbons (Fsp3) is 0.412. The fourth-order valence-electron chi connectivity index (χ4n) is 1.82. The molecule has 0 unspecified atom stereocenters. The van der Waals surface area contributed by atoms with Gasteiger partial charge in [0.2, 0.25) is 0 Å². The molecule has 1 aromatic carbocycles. The summed E-state index contributed by atoms with van der Waals surface area (Å²) < 4.78 is 9.94. The third-order valence-corrected chi connectivity index (χ3v) is 2.84. The Morgan fingerprint density at radius 3 is 2.27 bits per heavy atom. The summed E-state index contributed by atoms with van der Waals surface area (Å²) in [6.45, 7) is 6.89. The zero-order chi connectivity index (χ0) is 19.7. The molecule has 0 aromatic heterocycles. The van der Waals surface area contributed by atoms with E-state index in [0.717, 1.165) is 0 Å². The second kappa shape index (κ2) is 9.40. The summed E-state index contributed by atoms with van der Waals surface area (Å²) in [5, 5.41) is 8.40. The number of nitrogens with one attached hydrogen (secondary N) is 2. The van der Waals surface area contributed by atoms with Crippen molar-refractivity contribution in [2.45, 2.75) is 33.3 Å². The van der Waals surface area contributed by atoms with Crippen molar-refractivity contribution in [3.05, 3.63) is 29.8 Å². The lowest BCUT2D eigenvalue weighted by Crippen LogP contribution is -2.34. The van der Waals surface area contributed by atoms with E-state index in [2.05, 4.69) is 15.7 Å². The number of anilines is 1. The van der Waals surface area contributed by atoms with Crippen LogP contribution in [-0.4, -0.2) is 42.4 Å². The molecule has 142 valence electrons. The minimum atomic E-state index is -0.675. The van der Waals surface area contributed by atoms with E-state index in [9.17, 15) is 14.4 Å². The maximum absolute atomic E-state index is 12.1. The zero-order valence-electron chi connectivity index (χ0n) is 15.3. The standard InChI is InChI=1S/C17H24N4O5/c1-5-25-13(22)10-19-16(24)20-12-8-6-11(7-9-12)14(21-18)15(23)26-17(2,3)4/h6-9H,5,10,18H2,1-4H3,(H2,19,20,24). The highest BCUT2D eigenvalue weighted by Crippen LogP contribution is 2.14. The van der Waals surface area contributed by atoms with E-state index < -0.39 is 23.6 Å². The SMILES string of the molecule is CCOC(=O)CNC(=O)Nc1ccc(C(=NN)C(=O)OC(C)(C)C)cc1. The van der Waals surface area contributed by atoms with Crippen LogP contribution < -0.4 is 16.5 Å². The molecule has 0 fully saturated rings. The Hall–Kier alpha value is -3.10. The van der Waals surface area contributed by atoms with Gasteiger partial charge < -0.3 is 25.9 Å². The summed E-state index contributed by atoms with van der Waals surface area (Å²) in [6, 6.07) is 5.70. The minimum absolute atomic E-state index is 0.0294. The van der Waals surface area contributed by atoms with Gasteiger partial charge in [0.1, 0.15) is 12.1 Å². The average molecular weight is 364 g/mol. The second-order valence-corrected chi connectivity index (χ2v) is 6.17. The van der Waals surface area contributed by atoms with Crippen molar-refractivity contribution in [3.8, 4) is 0 Å². The van der Waals surface area contributed by atoms with Crippen LogP contribution in [0.15, 0.2) is 29.4 Å². The lowest BCUT2D eigenvalue weighted by atomic mass is 10.1. The van der Waals surface area contributed by atoms with Crippen molar-refractivity contribution in [1.82, 2.24) is 5.32 Å². The lowest BCUT2D eigenvalue weighted by Gasteiger charge is -2.19. The van der Waals surface area contributed by atoms with Gasteiger partial charge in [-0.3, -0.25) is 4.79 Å². The van der Waals surface area contributed by atoms with Crippen molar-refractivity contribution in [1.29, 1.82) is 0 Å². The number of rotatable bonds is 6. The van der Waals surface area contributed by atoms with Gasteiger partial charge in [0.15, 0.2) is 5.71 Å². The molecule has 1 aromatic rings. The number of esters is 2. The van der Waals surface area contributed by atoms with Gasteiger partial charge in [0.25, 0.3) is 0 Å². The Bertz CT molecular complexity index is 677. The first-order chi connectivity index (χ1) is 12.2. The molecule has 0 saturated carbocycles. The molecule has 26 heavy (non-hydrogen) atoms. The molecule has 4 N–H and O–H groups in total. The van der Waals surface area contributed by atoms with Gasteiger partial charge in [-0.2, -0.15) is 5.10 Å². The van der Waals surface area contributed by atoms with E-state index in [1.165, 1.54) is 0 Å². The first kappa shape index (κ1) is 20.9. The van der Waals surface area contributed by atoms with Crippen LogP contribution in [0.25, 0.3) is 0 Å². The highest BCUT2D eigenvalue weighted by Gasteiger charge is 2.22. The maximum Gasteiger partial charge on any atom is 0.359 e. The fourth-order valence-corrected chi connectivity index (χ4v) is 1.82. The number of carbonyl (C=O) groups excluding carboxylic acids is 3. The number of hydrogen-bond donors (Lipinski definition) is 3. The molecular formula is C17H24N4O5. The molecule has 0 atom stereocenters. The maximum atomic E-state index is 12.1. The summed E-state index contributed by atoms with van der Waals surface area (Å²) in [5.41, 5.74) is 0.194. The highest BCUT2D eigenvalue weighted by atomic mass is 16.6. The summed E-state index contributed by atoms with van der Waals surface area (Å²) in [7, 11) is 0. The molecule has 0 aliphatic heterocycles. The van der Waals surface area contributed by atoms with Crippen LogP contribution in [0.2, 0.25) is 0 Å². The van der Waals surface area contributed by atoms with E-state index in [0.29, 0.717) is 11.3 Å². The Balaban J connectivity index is 2.68. The monoisotopic (exact) mass is 364 g/mol. The van der Waals surface area contributed by atoms with E-state index >= 15 is 0 Å². The number of hydrogen-bond acceptors (Lipinski definition) is 7. The number of nitrogens with zero attached hydrogens (tertiary/aromatic N) is 1. The molecule has 9 heteroatoms. The quantitative estimate of drug-likeness (QED) is 0.302. The van der Waals surface area contributed by atoms with Gasteiger partial charge >= 0.3 is 18.0 Å². The van der Waals surface area contributed by atoms with E-state index in [1.54, 1.807) is 52.0 Å². The number of urea groups is 1. The van der Waals surface area contributed by atoms with Gasteiger partial charge in [-0.1, -0.05) is 12.1 Å². The molecule has 9 nitrogen and oxygen atoms in total. The topological polar surface area (TPSA) is 132 Å². The molecular weight excluding hydrogens is 340 g/mol. The van der Waals surface area contributed by atoms with E-state index in [-0.39, 0.29) is 18.9 Å². The van der Waals surface area contributed by atoms with Crippen molar-refractivity contribution in [3.63, 3.8) is 0 Å². The predicted octanol–water partition coefficient (Wildman–Crippen LogP) is 1.38. The number of carbonyl (C=O) groups is 3.